The lowest BCUT2D eigenvalue weighted by atomic mass is 9.85. The molecule has 0 bridgehead atoms. The number of nitrogens with zero attached hydrogens (tertiary/aromatic N) is 1. The molecule has 4 heterocycles. The van der Waals surface area contributed by atoms with E-state index in [0.29, 0.717) is 34.5 Å². The quantitative estimate of drug-likeness (QED) is 0.460. The fourth-order valence-corrected chi connectivity index (χ4v) is 7.08. The van der Waals surface area contributed by atoms with Gasteiger partial charge in [-0.3, -0.25) is 9.59 Å². The van der Waals surface area contributed by atoms with Crippen molar-refractivity contribution in [2.75, 3.05) is 13.2 Å². The predicted molar refractivity (Wildman–Crippen MR) is 131 cm³/mol. The molecule has 9 heteroatoms. The Bertz CT molecular complexity index is 1210. The van der Waals surface area contributed by atoms with Crippen LogP contribution in [0.3, 0.4) is 0 Å². The fraction of sp³-hybridized carbons (Fsp3) is 0.417. The first kappa shape index (κ1) is 22.8. The van der Waals surface area contributed by atoms with Crippen LogP contribution >= 0.6 is 34.3 Å². The number of halogens is 1. The Hall–Kier alpha value is -1.97. The van der Waals surface area contributed by atoms with Gasteiger partial charge in [0.05, 0.1) is 9.90 Å². The van der Waals surface area contributed by atoms with Crippen molar-refractivity contribution >= 4 is 56.2 Å². The topological polar surface area (TPSA) is 67.9 Å². The third kappa shape index (κ3) is 4.42. The van der Waals surface area contributed by atoms with E-state index in [-0.39, 0.29) is 17.2 Å². The molecule has 1 saturated heterocycles. The number of carbonyl (C=O) groups is 2. The summed E-state index contributed by atoms with van der Waals surface area (Å²) < 4.78 is 6.50. The van der Waals surface area contributed by atoms with Crippen LogP contribution in [0.15, 0.2) is 30.3 Å². The van der Waals surface area contributed by atoms with E-state index in [1.165, 1.54) is 22.7 Å². The Labute approximate surface area is 205 Å². The average molecular weight is 505 g/mol. The minimum absolute atomic E-state index is 0.0742. The van der Waals surface area contributed by atoms with Gasteiger partial charge in [-0.25, -0.2) is 10.3 Å². The number of carbonyl (C=O) groups excluding carboxylic acids is 2. The number of ether oxygens (including phenoxy) is 1. The van der Waals surface area contributed by atoms with Crippen molar-refractivity contribution in [2.24, 2.45) is 0 Å². The third-order valence-corrected chi connectivity index (χ3v) is 9.24. The van der Waals surface area contributed by atoms with Crippen LogP contribution in [0.25, 0.3) is 10.1 Å². The predicted octanol–water partition coefficient (Wildman–Crippen LogP) is 5.74. The third-order valence-electron chi connectivity index (χ3n) is 6.03. The van der Waals surface area contributed by atoms with Gasteiger partial charge in [-0.15, -0.1) is 22.7 Å². The molecule has 3 aromatic rings. The fourth-order valence-electron chi connectivity index (χ4n) is 4.45. The van der Waals surface area contributed by atoms with Gasteiger partial charge in [0.2, 0.25) is 0 Å². The highest BCUT2D eigenvalue weighted by molar-refractivity contribution is 7.21. The standard InChI is InChI=1S/C24H25ClN2O4S2/c1-24(2)13-27(23(29)20-19(25)15-7-3-4-8-16(15)32-20)12-14-11-17(33-21(14)24)22(28)26-31-18-9-5-6-10-30-18/h3-4,7-8,11,18H,5-6,9-10,12-13H2,1-2H3,(H,26,28). The minimum Gasteiger partial charge on any atom is -0.350 e. The molecule has 0 aliphatic carbocycles. The van der Waals surface area contributed by atoms with Gasteiger partial charge < -0.3 is 9.64 Å². The van der Waals surface area contributed by atoms with Crippen LogP contribution in [-0.4, -0.2) is 36.2 Å². The SMILES string of the molecule is CC1(C)CN(C(=O)c2sc3ccccc3c2Cl)Cc2cc(C(=O)NOC3CCCCO3)sc21. The number of rotatable bonds is 4. The van der Waals surface area contributed by atoms with E-state index in [1.807, 2.05) is 35.2 Å². The van der Waals surface area contributed by atoms with Crippen LogP contribution in [0.1, 0.15) is 62.9 Å². The van der Waals surface area contributed by atoms with E-state index in [0.717, 1.165) is 39.8 Å². The van der Waals surface area contributed by atoms with E-state index in [1.54, 1.807) is 0 Å². The van der Waals surface area contributed by atoms with E-state index in [2.05, 4.69) is 19.3 Å². The maximum Gasteiger partial charge on any atom is 0.285 e. The Morgan fingerprint density at radius 3 is 2.82 bits per heavy atom. The molecule has 1 N–H and O–H groups in total. The Morgan fingerprint density at radius 1 is 1.24 bits per heavy atom. The summed E-state index contributed by atoms with van der Waals surface area (Å²) in [6.07, 6.45) is 2.41. The van der Waals surface area contributed by atoms with Crippen LogP contribution in [0.4, 0.5) is 0 Å². The Morgan fingerprint density at radius 2 is 2.06 bits per heavy atom. The number of hydrogen-bond acceptors (Lipinski definition) is 6. The first-order valence-corrected chi connectivity index (χ1v) is 13.0. The molecule has 0 spiro atoms. The first-order chi connectivity index (χ1) is 15.8. The molecule has 1 fully saturated rings. The van der Waals surface area contributed by atoms with Crippen molar-refractivity contribution < 1.29 is 19.2 Å². The van der Waals surface area contributed by atoms with Gasteiger partial charge >= 0.3 is 0 Å². The van der Waals surface area contributed by atoms with Crippen molar-refractivity contribution in [1.82, 2.24) is 10.4 Å². The van der Waals surface area contributed by atoms with Crippen molar-refractivity contribution in [3.63, 3.8) is 0 Å². The molecular weight excluding hydrogens is 480 g/mol. The normalized spacial score (nSPS) is 20.0. The number of benzene rings is 1. The van der Waals surface area contributed by atoms with Gasteiger partial charge in [0, 0.05) is 46.5 Å². The second kappa shape index (κ2) is 9.00. The molecule has 2 aliphatic heterocycles. The largest absolute Gasteiger partial charge is 0.350 e. The van der Waals surface area contributed by atoms with Gasteiger partial charge in [-0.2, -0.15) is 0 Å². The second-order valence-corrected chi connectivity index (χ2v) is 11.6. The molecule has 33 heavy (non-hydrogen) atoms. The highest BCUT2D eigenvalue weighted by Crippen LogP contribution is 2.42. The lowest BCUT2D eigenvalue weighted by Gasteiger charge is -2.37. The summed E-state index contributed by atoms with van der Waals surface area (Å²) in [5, 5.41) is 1.41. The lowest BCUT2D eigenvalue weighted by Crippen LogP contribution is -2.44. The Kier molecular flexibility index (Phi) is 6.22. The van der Waals surface area contributed by atoms with E-state index in [4.69, 9.17) is 21.2 Å². The molecule has 1 aromatic carbocycles. The van der Waals surface area contributed by atoms with Gasteiger partial charge in [0.15, 0.2) is 6.29 Å². The molecule has 1 atom stereocenters. The number of fused-ring (bicyclic) bond motifs is 2. The van der Waals surface area contributed by atoms with Crippen molar-refractivity contribution in [2.45, 2.75) is 51.4 Å². The molecule has 0 radical (unpaired) electrons. The highest BCUT2D eigenvalue weighted by Gasteiger charge is 2.38. The zero-order chi connectivity index (χ0) is 23.2. The zero-order valence-electron chi connectivity index (χ0n) is 18.5. The molecule has 2 amide bonds. The average Bonchev–Trinajstić information content (AvgIpc) is 3.40. The number of amides is 2. The van der Waals surface area contributed by atoms with E-state index >= 15 is 0 Å². The number of thiophene rings is 2. The molecular formula is C24H25ClN2O4S2. The highest BCUT2D eigenvalue weighted by atomic mass is 35.5. The summed E-state index contributed by atoms with van der Waals surface area (Å²) in [7, 11) is 0. The van der Waals surface area contributed by atoms with Gasteiger partial charge in [0.1, 0.15) is 4.88 Å². The molecule has 5 rings (SSSR count). The van der Waals surface area contributed by atoms with Gasteiger partial charge in [-0.1, -0.05) is 43.6 Å². The maximum absolute atomic E-state index is 13.4. The van der Waals surface area contributed by atoms with Crippen molar-refractivity contribution in [1.29, 1.82) is 0 Å². The monoisotopic (exact) mass is 504 g/mol. The smallest absolute Gasteiger partial charge is 0.285 e. The second-order valence-electron chi connectivity index (χ2n) is 9.10. The van der Waals surface area contributed by atoms with Gasteiger partial charge in [0.25, 0.3) is 11.8 Å². The van der Waals surface area contributed by atoms with Crippen LogP contribution in [0, 0.1) is 0 Å². The van der Waals surface area contributed by atoms with Crippen molar-refractivity contribution in [3.05, 3.63) is 55.5 Å². The van der Waals surface area contributed by atoms with Crippen LogP contribution in [-0.2, 0) is 21.5 Å². The van der Waals surface area contributed by atoms with Crippen molar-refractivity contribution in [3.8, 4) is 0 Å². The summed E-state index contributed by atoms with van der Waals surface area (Å²) in [6.45, 7) is 5.84. The molecule has 2 aromatic heterocycles. The number of hydroxylamine groups is 1. The molecule has 0 saturated carbocycles. The van der Waals surface area contributed by atoms with E-state index in [9.17, 15) is 9.59 Å². The molecule has 2 aliphatic rings. The van der Waals surface area contributed by atoms with Crippen LogP contribution < -0.4 is 5.48 Å². The Balaban J connectivity index is 1.34. The lowest BCUT2D eigenvalue weighted by molar-refractivity contribution is -0.186. The van der Waals surface area contributed by atoms with Gasteiger partial charge in [-0.05, 0) is 30.5 Å². The number of hydrogen-bond donors (Lipinski definition) is 1. The summed E-state index contributed by atoms with van der Waals surface area (Å²) in [5.41, 5.74) is 3.24. The summed E-state index contributed by atoms with van der Waals surface area (Å²) in [5.74, 6) is -0.361. The molecule has 1 unspecified atom stereocenters. The van der Waals surface area contributed by atoms with Crippen LogP contribution in [0.5, 0.6) is 0 Å². The summed E-state index contributed by atoms with van der Waals surface area (Å²) in [4.78, 5) is 35.7. The van der Waals surface area contributed by atoms with Crippen LogP contribution in [0.2, 0.25) is 5.02 Å². The minimum atomic E-state index is -0.395. The molecule has 174 valence electrons. The summed E-state index contributed by atoms with van der Waals surface area (Å²) in [6, 6.07) is 9.65. The first-order valence-electron chi connectivity index (χ1n) is 11.0. The van der Waals surface area contributed by atoms with E-state index < -0.39 is 6.29 Å². The summed E-state index contributed by atoms with van der Waals surface area (Å²) >= 11 is 9.46. The maximum atomic E-state index is 13.4. The number of nitrogens with one attached hydrogen (secondary N) is 1. The molecule has 6 nitrogen and oxygen atoms in total. The zero-order valence-corrected chi connectivity index (χ0v) is 20.9.